The maximum absolute atomic E-state index is 12.6. The van der Waals surface area contributed by atoms with Gasteiger partial charge in [0.15, 0.2) is 0 Å². The summed E-state index contributed by atoms with van der Waals surface area (Å²) in [5.74, 6) is 0.0628. The van der Waals surface area contributed by atoms with Crippen LogP contribution in [0.5, 0.6) is 0 Å². The number of aryl methyl sites for hydroxylation is 1. The van der Waals surface area contributed by atoms with Gasteiger partial charge < -0.3 is 11.1 Å². The molecule has 1 aromatic heterocycles. The Bertz CT molecular complexity index is 726. The van der Waals surface area contributed by atoms with Gasteiger partial charge in [0.1, 0.15) is 5.82 Å². The summed E-state index contributed by atoms with van der Waals surface area (Å²) >= 11 is 5.95. The van der Waals surface area contributed by atoms with Crippen LogP contribution in [0.2, 0.25) is 5.02 Å². The summed E-state index contributed by atoms with van der Waals surface area (Å²) in [6.45, 7) is 2.07. The van der Waals surface area contributed by atoms with Crippen molar-refractivity contribution in [3.8, 4) is 0 Å². The Morgan fingerprint density at radius 2 is 2.09 bits per heavy atom. The van der Waals surface area contributed by atoms with Gasteiger partial charge in [0.2, 0.25) is 0 Å². The zero-order valence-electron chi connectivity index (χ0n) is 12.4. The molecule has 2 aromatic rings. The monoisotopic (exact) mass is 315 g/mol. The number of halogens is 1. The van der Waals surface area contributed by atoms with E-state index in [-0.39, 0.29) is 17.3 Å². The first-order valence-corrected chi connectivity index (χ1v) is 7.69. The molecule has 1 saturated carbocycles. The average molecular weight is 316 g/mol. The van der Waals surface area contributed by atoms with Crippen molar-refractivity contribution >= 4 is 23.3 Å². The normalized spacial score (nSPS) is 15.9. The molecular formula is C17H18ClN3O. The number of anilines is 1. The zero-order chi connectivity index (χ0) is 15.7. The number of hydrogen-bond donors (Lipinski definition) is 2. The largest absolute Gasteiger partial charge is 0.382 e. The van der Waals surface area contributed by atoms with Crippen LogP contribution in [0.4, 0.5) is 5.82 Å². The van der Waals surface area contributed by atoms with Crippen molar-refractivity contribution in [2.45, 2.75) is 31.7 Å². The minimum absolute atomic E-state index is 0.169. The fourth-order valence-electron chi connectivity index (χ4n) is 2.96. The standard InChI is InChI=1S/C17H18ClN3O/c1-11-5-2-3-6-13(11)17(7-4-8-17)21-16(22)12-9-14(18)15(19)20-10-12/h2-3,5-6,9-10H,4,7-8H2,1H3,(H2,19,20)(H,21,22). The Morgan fingerprint density at radius 1 is 1.36 bits per heavy atom. The number of rotatable bonds is 3. The molecule has 1 heterocycles. The molecule has 1 aromatic carbocycles. The molecular weight excluding hydrogens is 298 g/mol. The number of nitrogens with zero attached hydrogens (tertiary/aromatic N) is 1. The van der Waals surface area contributed by atoms with E-state index < -0.39 is 0 Å². The summed E-state index contributed by atoms with van der Waals surface area (Å²) in [5.41, 5.74) is 8.11. The average Bonchev–Trinajstić information content (AvgIpc) is 2.46. The molecule has 22 heavy (non-hydrogen) atoms. The van der Waals surface area contributed by atoms with Crippen LogP contribution in [-0.4, -0.2) is 10.9 Å². The van der Waals surface area contributed by atoms with E-state index >= 15 is 0 Å². The first kappa shape index (κ1) is 14.9. The first-order chi connectivity index (χ1) is 10.5. The maximum atomic E-state index is 12.6. The number of nitrogens with two attached hydrogens (primary N) is 1. The fraction of sp³-hybridized carbons (Fsp3) is 0.294. The maximum Gasteiger partial charge on any atom is 0.253 e. The van der Waals surface area contributed by atoms with E-state index in [0.717, 1.165) is 19.3 Å². The second kappa shape index (κ2) is 5.61. The van der Waals surface area contributed by atoms with Crippen molar-refractivity contribution in [2.75, 3.05) is 5.73 Å². The van der Waals surface area contributed by atoms with Gasteiger partial charge in [0, 0.05) is 6.20 Å². The summed E-state index contributed by atoms with van der Waals surface area (Å²) in [4.78, 5) is 16.5. The van der Waals surface area contributed by atoms with Crippen LogP contribution in [0.3, 0.4) is 0 Å². The highest BCUT2D eigenvalue weighted by Crippen LogP contribution is 2.42. The summed E-state index contributed by atoms with van der Waals surface area (Å²) in [6, 6.07) is 9.74. The van der Waals surface area contributed by atoms with Crippen molar-refractivity contribution in [2.24, 2.45) is 0 Å². The predicted molar refractivity (Wildman–Crippen MR) is 87.8 cm³/mol. The van der Waals surface area contributed by atoms with Gasteiger partial charge >= 0.3 is 0 Å². The third kappa shape index (κ3) is 2.55. The molecule has 1 aliphatic rings. The van der Waals surface area contributed by atoms with E-state index in [1.54, 1.807) is 6.07 Å². The summed E-state index contributed by atoms with van der Waals surface area (Å²) < 4.78 is 0. The quantitative estimate of drug-likeness (QED) is 0.911. The van der Waals surface area contributed by atoms with E-state index in [1.165, 1.54) is 17.3 Å². The van der Waals surface area contributed by atoms with Crippen molar-refractivity contribution < 1.29 is 4.79 Å². The van der Waals surface area contributed by atoms with Gasteiger partial charge in [-0.25, -0.2) is 4.98 Å². The van der Waals surface area contributed by atoms with Crippen LogP contribution in [0.15, 0.2) is 36.5 Å². The van der Waals surface area contributed by atoms with Gasteiger partial charge in [-0.3, -0.25) is 4.79 Å². The molecule has 0 atom stereocenters. The number of nitrogen functional groups attached to an aromatic ring is 1. The summed E-state index contributed by atoms with van der Waals surface area (Å²) in [5, 5.41) is 3.47. The van der Waals surface area contributed by atoms with Crippen molar-refractivity contribution in [1.29, 1.82) is 0 Å². The Labute approximate surface area is 134 Å². The van der Waals surface area contributed by atoms with E-state index in [4.69, 9.17) is 17.3 Å². The highest BCUT2D eigenvalue weighted by Gasteiger charge is 2.41. The van der Waals surface area contributed by atoms with Crippen LogP contribution in [0, 0.1) is 6.92 Å². The smallest absolute Gasteiger partial charge is 0.253 e. The second-order valence-electron chi connectivity index (χ2n) is 5.80. The molecule has 3 rings (SSSR count). The van der Waals surface area contributed by atoms with E-state index in [1.807, 2.05) is 12.1 Å². The second-order valence-corrected chi connectivity index (χ2v) is 6.20. The van der Waals surface area contributed by atoms with Crippen molar-refractivity contribution in [3.05, 3.63) is 58.2 Å². The molecule has 0 spiro atoms. The van der Waals surface area contributed by atoms with Crippen LogP contribution >= 0.6 is 11.6 Å². The SMILES string of the molecule is Cc1ccccc1C1(NC(=O)c2cnc(N)c(Cl)c2)CCC1. The summed E-state index contributed by atoms with van der Waals surface area (Å²) in [6.07, 6.45) is 4.45. The Balaban J connectivity index is 1.88. The molecule has 3 N–H and O–H groups in total. The number of carbonyl (C=O) groups excluding carboxylic acids is 1. The fourth-order valence-corrected chi connectivity index (χ4v) is 3.13. The van der Waals surface area contributed by atoms with Gasteiger partial charge in [-0.15, -0.1) is 0 Å². The molecule has 0 radical (unpaired) electrons. The Morgan fingerprint density at radius 3 is 2.68 bits per heavy atom. The van der Waals surface area contributed by atoms with Gasteiger partial charge in [-0.1, -0.05) is 35.9 Å². The lowest BCUT2D eigenvalue weighted by Crippen LogP contribution is -2.51. The number of nitrogens with one attached hydrogen (secondary N) is 1. The topological polar surface area (TPSA) is 68.0 Å². The van der Waals surface area contributed by atoms with Gasteiger partial charge in [0.05, 0.1) is 16.1 Å². The minimum Gasteiger partial charge on any atom is -0.382 e. The van der Waals surface area contributed by atoms with Crippen molar-refractivity contribution in [3.63, 3.8) is 0 Å². The number of aromatic nitrogens is 1. The highest BCUT2D eigenvalue weighted by molar-refractivity contribution is 6.33. The molecule has 0 unspecified atom stereocenters. The van der Waals surface area contributed by atoms with E-state index in [0.29, 0.717) is 10.6 Å². The molecule has 0 saturated heterocycles. The van der Waals surface area contributed by atoms with Crippen LogP contribution in [0.1, 0.15) is 40.7 Å². The Hall–Kier alpha value is -2.07. The lowest BCUT2D eigenvalue weighted by atomic mass is 9.70. The van der Waals surface area contributed by atoms with Gasteiger partial charge in [-0.05, 0) is 43.4 Å². The number of carbonyl (C=O) groups is 1. The number of amides is 1. The third-order valence-corrected chi connectivity index (χ3v) is 4.66. The molecule has 114 valence electrons. The van der Waals surface area contributed by atoms with Crippen LogP contribution < -0.4 is 11.1 Å². The lowest BCUT2D eigenvalue weighted by Gasteiger charge is -2.44. The number of pyridine rings is 1. The number of benzene rings is 1. The number of hydrogen-bond acceptors (Lipinski definition) is 3. The predicted octanol–water partition coefficient (Wildman–Crippen LogP) is 3.43. The first-order valence-electron chi connectivity index (χ1n) is 7.31. The highest BCUT2D eigenvalue weighted by atomic mass is 35.5. The minimum atomic E-state index is -0.281. The third-order valence-electron chi connectivity index (χ3n) is 4.35. The zero-order valence-corrected chi connectivity index (χ0v) is 13.2. The lowest BCUT2D eigenvalue weighted by molar-refractivity contribution is 0.0822. The molecule has 0 bridgehead atoms. The molecule has 1 aliphatic carbocycles. The van der Waals surface area contributed by atoms with E-state index in [9.17, 15) is 4.79 Å². The van der Waals surface area contributed by atoms with Crippen LogP contribution in [0.25, 0.3) is 0 Å². The van der Waals surface area contributed by atoms with Gasteiger partial charge in [-0.2, -0.15) is 0 Å². The Kier molecular flexibility index (Phi) is 3.79. The molecule has 4 nitrogen and oxygen atoms in total. The molecule has 1 amide bonds. The van der Waals surface area contributed by atoms with E-state index in [2.05, 4.69) is 29.4 Å². The summed E-state index contributed by atoms with van der Waals surface area (Å²) in [7, 11) is 0. The molecule has 0 aliphatic heterocycles. The molecule has 5 heteroatoms. The van der Waals surface area contributed by atoms with Gasteiger partial charge in [0.25, 0.3) is 5.91 Å². The molecule has 1 fully saturated rings. The van der Waals surface area contributed by atoms with Crippen molar-refractivity contribution in [1.82, 2.24) is 10.3 Å². The van der Waals surface area contributed by atoms with Crippen LogP contribution in [-0.2, 0) is 5.54 Å².